The number of nitrogens with zero attached hydrogens (tertiary/aromatic N) is 5. The molecule has 1 aromatic carbocycles. The maximum Gasteiger partial charge on any atom is 0.284 e. The van der Waals surface area contributed by atoms with Crippen molar-refractivity contribution in [3.05, 3.63) is 62.1 Å². The van der Waals surface area contributed by atoms with Gasteiger partial charge >= 0.3 is 0 Å². The Morgan fingerprint density at radius 3 is 2.96 bits per heavy atom. The van der Waals surface area contributed by atoms with Crippen molar-refractivity contribution >= 4 is 34.7 Å². The van der Waals surface area contributed by atoms with Gasteiger partial charge in [-0.05, 0) is 47.3 Å². The topological polar surface area (TPSA) is 94.2 Å². The molecule has 1 aliphatic rings. The third kappa shape index (κ3) is 3.45. The first-order valence-corrected chi connectivity index (χ1v) is 9.87. The summed E-state index contributed by atoms with van der Waals surface area (Å²) in [6.07, 6.45) is 2.35. The van der Waals surface area contributed by atoms with Crippen LogP contribution in [0.25, 0.3) is 0 Å². The van der Waals surface area contributed by atoms with Gasteiger partial charge in [0.05, 0.1) is 9.82 Å². The van der Waals surface area contributed by atoms with Crippen molar-refractivity contribution in [1.82, 2.24) is 19.7 Å². The molecule has 0 saturated carbocycles. The number of hydrogen-bond donors (Lipinski definition) is 0. The van der Waals surface area contributed by atoms with Gasteiger partial charge in [-0.15, -0.1) is 21.5 Å². The van der Waals surface area contributed by atoms with E-state index in [-0.39, 0.29) is 11.6 Å². The number of nitro benzene ring substituents is 1. The number of thiophene rings is 1. The van der Waals surface area contributed by atoms with Crippen LogP contribution >= 0.6 is 23.1 Å². The highest BCUT2D eigenvalue weighted by atomic mass is 32.2. The van der Waals surface area contributed by atoms with Gasteiger partial charge in [0.25, 0.3) is 11.6 Å². The Kier molecular flexibility index (Phi) is 4.66. The summed E-state index contributed by atoms with van der Waals surface area (Å²) in [5.74, 6) is -0.190. The van der Waals surface area contributed by atoms with Crippen LogP contribution in [-0.2, 0) is 20.0 Å². The highest BCUT2D eigenvalue weighted by Gasteiger charge is 2.25. The quantitative estimate of drug-likeness (QED) is 0.492. The molecule has 1 aliphatic heterocycles. The van der Waals surface area contributed by atoms with Gasteiger partial charge in [-0.1, -0.05) is 0 Å². The minimum atomic E-state index is -0.470. The molecule has 0 aliphatic carbocycles. The van der Waals surface area contributed by atoms with Crippen molar-refractivity contribution in [3.8, 4) is 0 Å². The zero-order chi connectivity index (χ0) is 19.0. The Balaban J connectivity index is 1.60. The second-order valence-electron chi connectivity index (χ2n) is 6.11. The molecule has 0 spiro atoms. The van der Waals surface area contributed by atoms with E-state index in [1.54, 1.807) is 40.0 Å². The third-order valence-electron chi connectivity index (χ3n) is 4.37. The Morgan fingerprint density at radius 2 is 2.22 bits per heavy atom. The smallest absolute Gasteiger partial charge is 0.284 e. The molecule has 138 valence electrons. The summed E-state index contributed by atoms with van der Waals surface area (Å²) in [6.45, 7) is 1.16. The molecule has 10 heteroatoms. The Bertz CT molecular complexity index is 1030. The minimum Gasteiger partial charge on any atom is -0.334 e. The number of nitro groups is 1. The molecule has 0 N–H and O–H groups in total. The number of carbonyl (C=O) groups is 1. The van der Waals surface area contributed by atoms with Crippen molar-refractivity contribution in [2.75, 3.05) is 6.54 Å². The first kappa shape index (κ1) is 17.7. The summed E-state index contributed by atoms with van der Waals surface area (Å²) >= 11 is 2.85. The monoisotopic (exact) mass is 401 g/mol. The molecule has 0 unspecified atom stereocenters. The number of hydrogen-bond acceptors (Lipinski definition) is 7. The molecule has 0 fully saturated rings. The van der Waals surface area contributed by atoms with Crippen LogP contribution in [-0.4, -0.2) is 37.0 Å². The molecule has 0 bridgehead atoms. The fourth-order valence-electron chi connectivity index (χ4n) is 2.95. The maximum absolute atomic E-state index is 12.9. The van der Waals surface area contributed by atoms with Gasteiger partial charge in [0.15, 0.2) is 5.16 Å². The standard InChI is InChI=1S/C17H15N5O3S2/c1-20-10-18-19-17(20)27-15-3-2-11(8-13(15)22(24)25)16(23)21-6-4-14-12(9-21)5-7-26-14/h2-3,5,7-8,10H,4,6,9H2,1H3. The summed E-state index contributed by atoms with van der Waals surface area (Å²) in [5, 5.41) is 21.8. The minimum absolute atomic E-state index is 0.109. The lowest BCUT2D eigenvalue weighted by Gasteiger charge is -2.27. The summed E-state index contributed by atoms with van der Waals surface area (Å²) in [7, 11) is 1.76. The van der Waals surface area contributed by atoms with Crippen LogP contribution in [0.2, 0.25) is 0 Å². The molecule has 27 heavy (non-hydrogen) atoms. The number of aryl methyl sites for hydroxylation is 1. The molecular weight excluding hydrogens is 386 g/mol. The first-order valence-electron chi connectivity index (χ1n) is 8.17. The van der Waals surface area contributed by atoms with Crippen LogP contribution in [0.3, 0.4) is 0 Å². The number of carbonyl (C=O) groups excluding carboxylic acids is 1. The molecular formula is C17H15N5O3S2. The summed E-state index contributed by atoms with van der Waals surface area (Å²) in [4.78, 5) is 27.4. The van der Waals surface area contributed by atoms with Crippen LogP contribution < -0.4 is 0 Å². The lowest BCUT2D eigenvalue weighted by atomic mass is 10.1. The van der Waals surface area contributed by atoms with Gasteiger partial charge in [0, 0.05) is 36.6 Å². The van der Waals surface area contributed by atoms with E-state index in [9.17, 15) is 14.9 Å². The van der Waals surface area contributed by atoms with Crippen LogP contribution in [0.15, 0.2) is 46.0 Å². The van der Waals surface area contributed by atoms with E-state index in [1.807, 2.05) is 11.4 Å². The van der Waals surface area contributed by atoms with E-state index < -0.39 is 4.92 Å². The summed E-state index contributed by atoms with van der Waals surface area (Å²) in [6, 6.07) is 6.62. The van der Waals surface area contributed by atoms with E-state index in [2.05, 4.69) is 10.2 Å². The third-order valence-corrected chi connectivity index (χ3v) is 6.51. The van der Waals surface area contributed by atoms with Gasteiger partial charge in [0.1, 0.15) is 6.33 Å². The lowest BCUT2D eigenvalue weighted by Crippen LogP contribution is -2.35. The Labute approximate surface area is 163 Å². The molecule has 3 aromatic rings. The average Bonchev–Trinajstić information content (AvgIpc) is 3.29. The zero-order valence-corrected chi connectivity index (χ0v) is 16.0. The number of benzene rings is 1. The largest absolute Gasteiger partial charge is 0.334 e. The Morgan fingerprint density at radius 1 is 1.37 bits per heavy atom. The summed E-state index contributed by atoms with van der Waals surface area (Å²) < 4.78 is 1.68. The molecule has 4 rings (SSSR count). The lowest BCUT2D eigenvalue weighted by molar-refractivity contribution is -0.387. The number of rotatable bonds is 4. The molecule has 0 radical (unpaired) electrons. The predicted molar refractivity (Wildman–Crippen MR) is 101 cm³/mol. The van der Waals surface area contributed by atoms with Gasteiger partial charge in [-0.2, -0.15) is 0 Å². The normalized spacial score (nSPS) is 13.4. The highest BCUT2D eigenvalue weighted by Crippen LogP contribution is 2.34. The van der Waals surface area contributed by atoms with Crippen LogP contribution in [0.4, 0.5) is 5.69 Å². The van der Waals surface area contributed by atoms with E-state index in [0.29, 0.717) is 28.7 Å². The second kappa shape index (κ2) is 7.12. The maximum atomic E-state index is 12.9. The number of amides is 1. The first-order chi connectivity index (χ1) is 13.0. The van der Waals surface area contributed by atoms with Gasteiger partial charge in [-0.25, -0.2) is 0 Å². The van der Waals surface area contributed by atoms with Gasteiger partial charge in [-0.3, -0.25) is 14.9 Å². The Hall–Kier alpha value is -2.72. The van der Waals surface area contributed by atoms with Crippen LogP contribution in [0.1, 0.15) is 20.8 Å². The van der Waals surface area contributed by atoms with Crippen molar-refractivity contribution in [3.63, 3.8) is 0 Å². The van der Waals surface area contributed by atoms with E-state index in [1.165, 1.54) is 17.3 Å². The van der Waals surface area contributed by atoms with Gasteiger partial charge < -0.3 is 9.47 Å². The van der Waals surface area contributed by atoms with Crippen molar-refractivity contribution in [2.24, 2.45) is 7.05 Å². The molecule has 0 saturated heterocycles. The molecule has 8 nitrogen and oxygen atoms in total. The van der Waals surface area contributed by atoms with Crippen LogP contribution in [0.5, 0.6) is 0 Å². The zero-order valence-electron chi connectivity index (χ0n) is 14.4. The summed E-state index contributed by atoms with van der Waals surface area (Å²) in [5.41, 5.74) is 1.37. The fourth-order valence-corrected chi connectivity index (χ4v) is 4.69. The van der Waals surface area contributed by atoms with E-state index in [0.717, 1.165) is 23.7 Å². The fraction of sp³-hybridized carbons (Fsp3) is 0.235. The van der Waals surface area contributed by atoms with E-state index >= 15 is 0 Å². The van der Waals surface area contributed by atoms with E-state index in [4.69, 9.17) is 0 Å². The highest BCUT2D eigenvalue weighted by molar-refractivity contribution is 7.99. The van der Waals surface area contributed by atoms with Crippen molar-refractivity contribution < 1.29 is 9.72 Å². The van der Waals surface area contributed by atoms with Crippen molar-refractivity contribution in [2.45, 2.75) is 23.0 Å². The molecule has 3 heterocycles. The number of aromatic nitrogens is 3. The predicted octanol–water partition coefficient (Wildman–Crippen LogP) is 3.13. The molecule has 1 amide bonds. The molecule has 0 atom stereocenters. The van der Waals surface area contributed by atoms with Gasteiger partial charge in [0.2, 0.25) is 0 Å². The average molecular weight is 401 g/mol. The molecule has 2 aromatic heterocycles. The van der Waals surface area contributed by atoms with Crippen LogP contribution in [0, 0.1) is 10.1 Å². The second-order valence-corrected chi connectivity index (χ2v) is 8.12. The number of fused-ring (bicyclic) bond motifs is 1. The SMILES string of the molecule is Cn1cnnc1Sc1ccc(C(=O)N2CCc3sccc3C2)cc1[N+](=O)[O-]. The van der Waals surface area contributed by atoms with Crippen molar-refractivity contribution in [1.29, 1.82) is 0 Å².